The summed E-state index contributed by atoms with van der Waals surface area (Å²) in [5, 5.41) is 2.94. The number of carbonyl (C=O) groups excluding carboxylic acids is 3. The fourth-order valence-corrected chi connectivity index (χ4v) is 2.00. The van der Waals surface area contributed by atoms with Crippen molar-refractivity contribution in [2.75, 3.05) is 26.7 Å². The number of hydrogen-bond acceptors (Lipinski definition) is 4. The van der Waals surface area contributed by atoms with Crippen LogP contribution in [0.2, 0.25) is 0 Å². The van der Waals surface area contributed by atoms with E-state index >= 15 is 0 Å². The van der Waals surface area contributed by atoms with Gasteiger partial charge in [-0.3, -0.25) is 24.6 Å². The quantitative estimate of drug-likeness (QED) is 0.678. The Balaban J connectivity index is 2.46. The van der Waals surface area contributed by atoms with Gasteiger partial charge in [-0.25, -0.2) is 0 Å². The van der Waals surface area contributed by atoms with E-state index in [1.807, 2.05) is 13.8 Å². The zero-order chi connectivity index (χ0) is 13.7. The van der Waals surface area contributed by atoms with Crippen molar-refractivity contribution in [3.8, 4) is 0 Å². The summed E-state index contributed by atoms with van der Waals surface area (Å²) in [7, 11) is 1.48. The molecule has 0 radical (unpaired) electrons. The molecule has 1 rings (SSSR count). The molecule has 6 heteroatoms. The summed E-state index contributed by atoms with van der Waals surface area (Å²) >= 11 is 0. The lowest BCUT2D eigenvalue weighted by molar-refractivity contribution is -0.148. The number of amides is 3. The molecule has 102 valence electrons. The van der Waals surface area contributed by atoms with Gasteiger partial charge in [-0.15, -0.1) is 0 Å². The number of likely N-dealkylation sites (N-methyl/N-ethyl adjacent to an activating group) is 2. The summed E-state index contributed by atoms with van der Waals surface area (Å²) in [4.78, 5) is 37.7. The van der Waals surface area contributed by atoms with Crippen molar-refractivity contribution in [1.29, 1.82) is 0 Å². The topological polar surface area (TPSA) is 69.7 Å². The Hall–Kier alpha value is -1.43. The fourth-order valence-electron chi connectivity index (χ4n) is 2.00. The Morgan fingerprint density at radius 3 is 2.56 bits per heavy atom. The van der Waals surface area contributed by atoms with Gasteiger partial charge in [0.25, 0.3) is 0 Å². The Bertz CT molecular complexity index is 339. The van der Waals surface area contributed by atoms with Gasteiger partial charge in [-0.1, -0.05) is 0 Å². The smallest absolute Gasteiger partial charge is 0.246 e. The molecule has 1 fully saturated rings. The van der Waals surface area contributed by atoms with Crippen LogP contribution >= 0.6 is 0 Å². The molecule has 0 aromatic carbocycles. The monoisotopic (exact) mass is 255 g/mol. The van der Waals surface area contributed by atoms with Crippen molar-refractivity contribution in [1.82, 2.24) is 15.1 Å². The first-order valence-corrected chi connectivity index (χ1v) is 6.32. The second-order valence-electron chi connectivity index (χ2n) is 4.33. The van der Waals surface area contributed by atoms with Gasteiger partial charge in [0.2, 0.25) is 17.7 Å². The van der Waals surface area contributed by atoms with E-state index in [2.05, 4.69) is 5.32 Å². The number of nitrogens with one attached hydrogen (secondary N) is 1. The first-order valence-electron chi connectivity index (χ1n) is 6.32. The predicted octanol–water partition coefficient (Wildman–Crippen LogP) is -0.408. The van der Waals surface area contributed by atoms with Crippen LogP contribution in [0.4, 0.5) is 0 Å². The number of piperidine rings is 1. The zero-order valence-corrected chi connectivity index (χ0v) is 11.2. The van der Waals surface area contributed by atoms with Crippen LogP contribution in [0.3, 0.4) is 0 Å². The number of imide groups is 1. The molecule has 1 heterocycles. The van der Waals surface area contributed by atoms with Crippen molar-refractivity contribution >= 4 is 17.7 Å². The number of nitrogens with zero attached hydrogens (tertiary/aromatic N) is 2. The molecule has 1 N–H and O–H groups in total. The van der Waals surface area contributed by atoms with Gasteiger partial charge >= 0.3 is 0 Å². The molecule has 0 aliphatic carbocycles. The summed E-state index contributed by atoms with van der Waals surface area (Å²) in [5.74, 6) is -0.431. The maximum atomic E-state index is 11.8. The minimum Gasteiger partial charge on any atom is -0.342 e. The van der Waals surface area contributed by atoms with Crippen LogP contribution < -0.4 is 5.32 Å². The molecule has 0 saturated carbocycles. The fraction of sp³-hybridized carbons (Fsp3) is 0.750. The van der Waals surface area contributed by atoms with Crippen LogP contribution in [0.1, 0.15) is 26.7 Å². The second kappa shape index (κ2) is 6.49. The van der Waals surface area contributed by atoms with E-state index in [1.165, 1.54) is 7.05 Å². The van der Waals surface area contributed by atoms with Crippen molar-refractivity contribution < 1.29 is 14.4 Å². The first kappa shape index (κ1) is 14.6. The highest BCUT2D eigenvalue weighted by Crippen LogP contribution is 2.11. The van der Waals surface area contributed by atoms with Gasteiger partial charge < -0.3 is 4.90 Å². The molecule has 1 aliphatic heterocycles. The van der Waals surface area contributed by atoms with E-state index in [0.717, 1.165) is 4.90 Å². The average molecular weight is 255 g/mol. The standard InChI is InChI=1S/C12H21N3O3/c1-4-15(5-2)11(17)8-13-9-6-7-10(16)14(3)12(9)18/h9,13H,4-8H2,1-3H3. The third-order valence-corrected chi connectivity index (χ3v) is 3.27. The summed E-state index contributed by atoms with van der Waals surface area (Å²) in [6.07, 6.45) is 0.812. The van der Waals surface area contributed by atoms with Gasteiger partial charge in [0.15, 0.2) is 0 Å². The summed E-state index contributed by atoms with van der Waals surface area (Å²) in [5.41, 5.74) is 0. The Kier molecular flexibility index (Phi) is 5.27. The summed E-state index contributed by atoms with van der Waals surface area (Å²) in [6.45, 7) is 5.29. The van der Waals surface area contributed by atoms with Gasteiger partial charge in [0, 0.05) is 26.6 Å². The number of hydrogen-bond donors (Lipinski definition) is 1. The first-order chi connectivity index (χ1) is 8.51. The third kappa shape index (κ3) is 3.29. The summed E-state index contributed by atoms with van der Waals surface area (Å²) < 4.78 is 0. The van der Waals surface area contributed by atoms with E-state index < -0.39 is 6.04 Å². The average Bonchev–Trinajstić information content (AvgIpc) is 2.36. The lowest BCUT2D eigenvalue weighted by atomic mass is 10.0. The van der Waals surface area contributed by atoms with E-state index in [-0.39, 0.29) is 24.3 Å². The molecule has 3 amide bonds. The van der Waals surface area contributed by atoms with Crippen LogP contribution in [-0.2, 0) is 14.4 Å². The predicted molar refractivity (Wildman–Crippen MR) is 66.7 cm³/mol. The minimum absolute atomic E-state index is 0.0210. The van der Waals surface area contributed by atoms with Crippen LogP contribution in [-0.4, -0.2) is 60.2 Å². The minimum atomic E-state index is -0.424. The normalized spacial score (nSPS) is 20.2. The molecule has 0 bridgehead atoms. The summed E-state index contributed by atoms with van der Waals surface area (Å²) in [6, 6.07) is -0.424. The second-order valence-corrected chi connectivity index (χ2v) is 4.33. The highest BCUT2D eigenvalue weighted by Gasteiger charge is 2.31. The molecule has 1 unspecified atom stereocenters. The molecule has 1 saturated heterocycles. The molecular weight excluding hydrogens is 234 g/mol. The Morgan fingerprint density at radius 1 is 1.39 bits per heavy atom. The van der Waals surface area contributed by atoms with E-state index in [0.29, 0.717) is 25.9 Å². The molecular formula is C12H21N3O3. The van der Waals surface area contributed by atoms with Crippen molar-refractivity contribution in [2.24, 2.45) is 0 Å². The maximum Gasteiger partial charge on any atom is 0.246 e. The molecule has 0 spiro atoms. The highest BCUT2D eigenvalue weighted by atomic mass is 16.2. The third-order valence-electron chi connectivity index (χ3n) is 3.27. The lowest BCUT2D eigenvalue weighted by Crippen LogP contribution is -2.53. The Morgan fingerprint density at radius 2 is 2.00 bits per heavy atom. The van der Waals surface area contributed by atoms with Crippen LogP contribution in [0.15, 0.2) is 0 Å². The van der Waals surface area contributed by atoms with Crippen molar-refractivity contribution in [2.45, 2.75) is 32.7 Å². The van der Waals surface area contributed by atoms with Crippen LogP contribution in [0.5, 0.6) is 0 Å². The van der Waals surface area contributed by atoms with Gasteiger partial charge in [-0.2, -0.15) is 0 Å². The molecule has 18 heavy (non-hydrogen) atoms. The number of likely N-dealkylation sites (tertiary alicyclic amines) is 1. The molecule has 1 aliphatic rings. The van der Waals surface area contributed by atoms with Crippen LogP contribution in [0, 0.1) is 0 Å². The van der Waals surface area contributed by atoms with Gasteiger partial charge in [0.1, 0.15) is 0 Å². The maximum absolute atomic E-state index is 11.8. The largest absolute Gasteiger partial charge is 0.342 e. The van der Waals surface area contributed by atoms with Gasteiger partial charge in [-0.05, 0) is 20.3 Å². The zero-order valence-electron chi connectivity index (χ0n) is 11.2. The van der Waals surface area contributed by atoms with Crippen molar-refractivity contribution in [3.05, 3.63) is 0 Å². The van der Waals surface area contributed by atoms with E-state index in [4.69, 9.17) is 0 Å². The lowest BCUT2D eigenvalue weighted by Gasteiger charge is -2.29. The Labute approximate surface area is 107 Å². The molecule has 0 aromatic heterocycles. The van der Waals surface area contributed by atoms with Gasteiger partial charge in [0.05, 0.1) is 12.6 Å². The number of rotatable bonds is 5. The SMILES string of the molecule is CCN(CC)C(=O)CNC1CCC(=O)N(C)C1=O. The van der Waals surface area contributed by atoms with E-state index in [1.54, 1.807) is 4.90 Å². The van der Waals surface area contributed by atoms with Crippen LogP contribution in [0.25, 0.3) is 0 Å². The number of carbonyl (C=O) groups is 3. The molecule has 0 aromatic rings. The van der Waals surface area contributed by atoms with Crippen molar-refractivity contribution in [3.63, 3.8) is 0 Å². The molecule has 6 nitrogen and oxygen atoms in total. The molecule has 1 atom stereocenters. The van der Waals surface area contributed by atoms with E-state index in [9.17, 15) is 14.4 Å². The highest BCUT2D eigenvalue weighted by molar-refractivity contribution is 6.00.